The number of nitrogens with zero attached hydrogens (tertiary/aromatic N) is 1. The minimum absolute atomic E-state index is 0.338. The van der Waals surface area contributed by atoms with Crippen molar-refractivity contribution in [2.24, 2.45) is 0 Å². The van der Waals surface area contributed by atoms with E-state index in [0.29, 0.717) is 6.10 Å². The fourth-order valence-corrected chi connectivity index (χ4v) is 2.16. The monoisotopic (exact) mass is 262 g/mol. The van der Waals surface area contributed by atoms with Crippen molar-refractivity contribution in [3.63, 3.8) is 0 Å². The van der Waals surface area contributed by atoms with Gasteiger partial charge in [-0.25, -0.2) is 4.98 Å². The molecule has 92 valence electrons. The van der Waals surface area contributed by atoms with Crippen LogP contribution in [0.25, 0.3) is 0 Å². The van der Waals surface area contributed by atoms with Crippen LogP contribution in [0.2, 0.25) is 4.34 Å². The zero-order chi connectivity index (χ0) is 11.8. The molecule has 0 bridgehead atoms. The normalized spacial score (nSPS) is 11.2. The van der Waals surface area contributed by atoms with Crippen LogP contribution >= 0.6 is 22.9 Å². The number of thiazole rings is 1. The second-order valence-corrected chi connectivity index (χ2v) is 5.61. The highest BCUT2D eigenvalue weighted by Crippen LogP contribution is 2.17. The van der Waals surface area contributed by atoms with Crippen LogP contribution in [0.4, 0.5) is 0 Å². The summed E-state index contributed by atoms with van der Waals surface area (Å²) in [5, 5.41) is 4.38. The van der Waals surface area contributed by atoms with Crippen molar-refractivity contribution in [1.29, 1.82) is 0 Å². The molecular formula is C11H19ClN2OS. The lowest BCUT2D eigenvalue weighted by molar-refractivity contribution is 0.0760. The van der Waals surface area contributed by atoms with Crippen molar-refractivity contribution in [1.82, 2.24) is 10.3 Å². The number of hydrogen-bond acceptors (Lipinski definition) is 4. The van der Waals surface area contributed by atoms with Gasteiger partial charge >= 0.3 is 0 Å². The van der Waals surface area contributed by atoms with Crippen LogP contribution in [0.1, 0.15) is 31.7 Å². The van der Waals surface area contributed by atoms with E-state index >= 15 is 0 Å². The first kappa shape index (κ1) is 13.9. The number of ether oxygens (including phenoxy) is 1. The Morgan fingerprint density at radius 2 is 2.31 bits per heavy atom. The standard InChI is InChI=1S/C11H19ClN2OS/c1-9(2)15-6-4-3-5-13-8-11-14-7-10(12)16-11/h7,9,13H,3-6,8H2,1-2H3. The number of hydrogen-bond donors (Lipinski definition) is 1. The lowest BCUT2D eigenvalue weighted by atomic mass is 10.3. The molecule has 0 aromatic carbocycles. The SMILES string of the molecule is CC(C)OCCCCNCc1ncc(Cl)s1. The lowest BCUT2D eigenvalue weighted by Crippen LogP contribution is -2.15. The summed E-state index contributed by atoms with van der Waals surface area (Å²) in [6.07, 6.45) is 4.26. The minimum Gasteiger partial charge on any atom is -0.379 e. The number of unbranched alkanes of at least 4 members (excludes halogenated alkanes) is 1. The largest absolute Gasteiger partial charge is 0.379 e. The Bertz CT molecular complexity index is 291. The Hall–Kier alpha value is -0.160. The molecular weight excluding hydrogens is 244 g/mol. The molecule has 0 atom stereocenters. The number of nitrogens with one attached hydrogen (secondary N) is 1. The van der Waals surface area contributed by atoms with E-state index in [2.05, 4.69) is 24.1 Å². The number of halogens is 1. The third kappa shape index (κ3) is 6.43. The second kappa shape index (κ2) is 8.01. The molecule has 3 nitrogen and oxygen atoms in total. The molecule has 1 aromatic heterocycles. The van der Waals surface area contributed by atoms with Gasteiger partial charge in [-0.2, -0.15) is 0 Å². The summed E-state index contributed by atoms with van der Waals surface area (Å²) in [5.74, 6) is 0. The molecule has 1 aromatic rings. The highest BCUT2D eigenvalue weighted by Gasteiger charge is 1.98. The lowest BCUT2D eigenvalue weighted by Gasteiger charge is -2.07. The first-order chi connectivity index (χ1) is 7.68. The van der Waals surface area contributed by atoms with Gasteiger partial charge in [-0.1, -0.05) is 11.6 Å². The molecule has 0 saturated carbocycles. The molecule has 16 heavy (non-hydrogen) atoms. The van der Waals surface area contributed by atoms with Gasteiger partial charge in [-0.3, -0.25) is 0 Å². The van der Waals surface area contributed by atoms with Gasteiger partial charge in [0.2, 0.25) is 0 Å². The van der Waals surface area contributed by atoms with Crippen molar-refractivity contribution < 1.29 is 4.74 Å². The summed E-state index contributed by atoms with van der Waals surface area (Å²) in [6.45, 7) is 6.78. The third-order valence-corrected chi connectivity index (χ3v) is 3.12. The van der Waals surface area contributed by atoms with Gasteiger partial charge in [0.15, 0.2) is 0 Å². The fraction of sp³-hybridized carbons (Fsp3) is 0.727. The number of rotatable bonds is 8. The topological polar surface area (TPSA) is 34.1 Å². The molecule has 0 radical (unpaired) electrons. The number of aromatic nitrogens is 1. The molecule has 0 aliphatic heterocycles. The molecule has 0 spiro atoms. The van der Waals surface area contributed by atoms with Crippen molar-refractivity contribution in [2.45, 2.75) is 39.3 Å². The average molecular weight is 263 g/mol. The predicted octanol–water partition coefficient (Wildman–Crippen LogP) is 3.09. The summed E-state index contributed by atoms with van der Waals surface area (Å²) in [4.78, 5) is 4.17. The van der Waals surface area contributed by atoms with Gasteiger partial charge in [0.05, 0.1) is 12.3 Å². The average Bonchev–Trinajstić information content (AvgIpc) is 2.62. The van der Waals surface area contributed by atoms with E-state index in [-0.39, 0.29) is 0 Å². The van der Waals surface area contributed by atoms with E-state index in [1.165, 1.54) is 11.3 Å². The molecule has 0 amide bonds. The van der Waals surface area contributed by atoms with Gasteiger partial charge in [0, 0.05) is 13.2 Å². The van der Waals surface area contributed by atoms with E-state index in [4.69, 9.17) is 16.3 Å². The summed E-state index contributed by atoms with van der Waals surface area (Å²) in [7, 11) is 0. The Balaban J connectivity index is 1.92. The van der Waals surface area contributed by atoms with Gasteiger partial charge in [0.1, 0.15) is 9.34 Å². The highest BCUT2D eigenvalue weighted by atomic mass is 35.5. The Kier molecular flexibility index (Phi) is 6.96. The Morgan fingerprint density at radius 3 is 2.94 bits per heavy atom. The zero-order valence-corrected chi connectivity index (χ0v) is 11.4. The van der Waals surface area contributed by atoms with Crippen LogP contribution in [0, 0.1) is 0 Å². The van der Waals surface area contributed by atoms with E-state index in [9.17, 15) is 0 Å². The summed E-state index contributed by atoms with van der Waals surface area (Å²) >= 11 is 7.31. The molecule has 0 aliphatic carbocycles. The van der Waals surface area contributed by atoms with Crippen molar-refractivity contribution >= 4 is 22.9 Å². The third-order valence-electron chi connectivity index (χ3n) is 2.00. The Morgan fingerprint density at radius 1 is 1.50 bits per heavy atom. The van der Waals surface area contributed by atoms with E-state index in [1.54, 1.807) is 6.20 Å². The highest BCUT2D eigenvalue weighted by molar-refractivity contribution is 7.15. The van der Waals surface area contributed by atoms with E-state index in [1.807, 2.05) is 0 Å². The van der Waals surface area contributed by atoms with Crippen LogP contribution in [-0.2, 0) is 11.3 Å². The maximum absolute atomic E-state index is 5.78. The molecule has 0 aliphatic rings. The van der Waals surface area contributed by atoms with E-state index in [0.717, 1.165) is 41.9 Å². The van der Waals surface area contributed by atoms with Crippen LogP contribution in [0.3, 0.4) is 0 Å². The summed E-state index contributed by atoms with van der Waals surface area (Å²) < 4.78 is 6.21. The minimum atomic E-state index is 0.338. The van der Waals surface area contributed by atoms with Crippen molar-refractivity contribution in [2.75, 3.05) is 13.2 Å². The first-order valence-electron chi connectivity index (χ1n) is 5.61. The Labute approximate surface area is 106 Å². The van der Waals surface area contributed by atoms with Crippen LogP contribution in [0.15, 0.2) is 6.20 Å². The smallest absolute Gasteiger partial charge is 0.113 e. The fourth-order valence-electron chi connectivity index (χ4n) is 1.24. The van der Waals surface area contributed by atoms with Crippen LogP contribution in [0.5, 0.6) is 0 Å². The first-order valence-corrected chi connectivity index (χ1v) is 6.80. The van der Waals surface area contributed by atoms with Gasteiger partial charge in [-0.05, 0) is 33.2 Å². The van der Waals surface area contributed by atoms with Gasteiger partial charge < -0.3 is 10.1 Å². The van der Waals surface area contributed by atoms with E-state index < -0.39 is 0 Å². The van der Waals surface area contributed by atoms with Crippen LogP contribution < -0.4 is 5.32 Å². The van der Waals surface area contributed by atoms with Gasteiger partial charge in [-0.15, -0.1) is 11.3 Å². The summed E-state index contributed by atoms with van der Waals surface area (Å²) in [5.41, 5.74) is 0. The predicted molar refractivity (Wildman–Crippen MR) is 69.2 cm³/mol. The molecule has 0 unspecified atom stereocenters. The molecule has 1 rings (SSSR count). The van der Waals surface area contributed by atoms with Crippen LogP contribution in [-0.4, -0.2) is 24.2 Å². The molecule has 1 N–H and O–H groups in total. The zero-order valence-electron chi connectivity index (χ0n) is 9.83. The quantitative estimate of drug-likeness (QED) is 0.731. The molecule has 5 heteroatoms. The maximum atomic E-state index is 5.78. The molecule has 1 heterocycles. The maximum Gasteiger partial charge on any atom is 0.113 e. The second-order valence-electron chi connectivity index (χ2n) is 3.86. The summed E-state index contributed by atoms with van der Waals surface area (Å²) in [6, 6.07) is 0. The van der Waals surface area contributed by atoms with Crippen molar-refractivity contribution in [3.8, 4) is 0 Å². The van der Waals surface area contributed by atoms with Crippen molar-refractivity contribution in [3.05, 3.63) is 15.5 Å². The van der Waals surface area contributed by atoms with Gasteiger partial charge in [0.25, 0.3) is 0 Å². The molecule has 0 saturated heterocycles. The molecule has 0 fully saturated rings.